The van der Waals surface area contributed by atoms with Gasteiger partial charge in [-0.3, -0.25) is 0 Å². The topological polar surface area (TPSA) is 49.7 Å². The molecule has 2 N–H and O–H groups in total. The van der Waals surface area contributed by atoms with E-state index in [0.29, 0.717) is 0 Å². The fourth-order valence-corrected chi connectivity index (χ4v) is 1.31. The van der Waals surface area contributed by atoms with Crippen molar-refractivity contribution in [2.75, 3.05) is 6.61 Å². The van der Waals surface area contributed by atoms with Crippen LogP contribution in [0.5, 0.6) is 5.75 Å². The standard InChI is InChI=1S/C10H10BF5O3/c12-8-6(11(17)18)2-3-7(9(8)13)19-5-1-4-10(14,15)16/h2-3,17-18H,1,4-5H2. The Morgan fingerprint density at radius 1 is 1.11 bits per heavy atom. The van der Waals surface area contributed by atoms with Gasteiger partial charge in [-0.1, -0.05) is 6.07 Å². The molecular formula is C10H10BF5O3. The third-order valence-electron chi connectivity index (χ3n) is 2.22. The second-order valence-electron chi connectivity index (χ2n) is 3.72. The number of benzene rings is 1. The highest BCUT2D eigenvalue weighted by Gasteiger charge is 2.26. The van der Waals surface area contributed by atoms with Crippen LogP contribution in [0.25, 0.3) is 0 Å². The molecule has 0 saturated carbocycles. The molecule has 0 aliphatic carbocycles. The van der Waals surface area contributed by atoms with E-state index in [4.69, 9.17) is 10.0 Å². The fraction of sp³-hybridized carbons (Fsp3) is 0.400. The van der Waals surface area contributed by atoms with Crippen LogP contribution < -0.4 is 10.2 Å². The highest BCUT2D eigenvalue weighted by molar-refractivity contribution is 6.58. The van der Waals surface area contributed by atoms with E-state index < -0.39 is 55.6 Å². The van der Waals surface area contributed by atoms with Crippen LogP contribution in [-0.2, 0) is 0 Å². The van der Waals surface area contributed by atoms with Gasteiger partial charge in [0, 0.05) is 11.9 Å². The van der Waals surface area contributed by atoms with E-state index in [1.54, 1.807) is 0 Å². The Hall–Kier alpha value is -1.35. The van der Waals surface area contributed by atoms with E-state index >= 15 is 0 Å². The molecule has 1 aromatic carbocycles. The smallest absolute Gasteiger partial charge is 0.490 e. The van der Waals surface area contributed by atoms with Crippen molar-refractivity contribution >= 4 is 12.6 Å². The first-order valence-electron chi connectivity index (χ1n) is 5.26. The van der Waals surface area contributed by atoms with Crippen molar-refractivity contribution in [3.8, 4) is 5.75 Å². The molecule has 0 atom stereocenters. The molecular weight excluding hydrogens is 274 g/mol. The van der Waals surface area contributed by atoms with Crippen LogP contribution in [0.15, 0.2) is 12.1 Å². The molecule has 0 saturated heterocycles. The third kappa shape index (κ3) is 4.68. The summed E-state index contributed by atoms with van der Waals surface area (Å²) in [4.78, 5) is 0. The summed E-state index contributed by atoms with van der Waals surface area (Å²) in [6.45, 7) is -0.434. The van der Waals surface area contributed by atoms with Crippen LogP contribution in [0.2, 0.25) is 0 Å². The minimum atomic E-state index is -4.34. The van der Waals surface area contributed by atoms with Crippen LogP contribution >= 0.6 is 0 Å². The maximum Gasteiger partial charge on any atom is 0.491 e. The zero-order valence-electron chi connectivity index (χ0n) is 9.55. The first-order chi connectivity index (χ1) is 8.72. The number of hydrogen-bond donors (Lipinski definition) is 2. The summed E-state index contributed by atoms with van der Waals surface area (Å²) in [5.41, 5.74) is -0.680. The lowest BCUT2D eigenvalue weighted by Crippen LogP contribution is -2.33. The van der Waals surface area contributed by atoms with E-state index in [1.165, 1.54) is 0 Å². The lowest BCUT2D eigenvalue weighted by atomic mass is 9.80. The molecule has 0 fully saturated rings. The minimum absolute atomic E-state index is 0.394. The quantitative estimate of drug-likeness (QED) is 0.487. The Kier molecular flexibility index (Phi) is 5.13. The highest BCUT2D eigenvalue weighted by atomic mass is 19.4. The van der Waals surface area contributed by atoms with Gasteiger partial charge in [-0.15, -0.1) is 0 Å². The number of halogens is 5. The molecule has 1 aromatic rings. The van der Waals surface area contributed by atoms with Crippen molar-refractivity contribution in [1.29, 1.82) is 0 Å². The molecule has 0 aliphatic heterocycles. The SMILES string of the molecule is OB(O)c1ccc(OCCCC(F)(F)F)c(F)c1F. The molecule has 0 bridgehead atoms. The van der Waals surface area contributed by atoms with Gasteiger partial charge in [0.1, 0.15) is 0 Å². The second-order valence-corrected chi connectivity index (χ2v) is 3.72. The second kappa shape index (κ2) is 6.20. The van der Waals surface area contributed by atoms with Crippen LogP contribution in [0, 0.1) is 11.6 Å². The molecule has 19 heavy (non-hydrogen) atoms. The van der Waals surface area contributed by atoms with Gasteiger partial charge in [0.25, 0.3) is 0 Å². The monoisotopic (exact) mass is 284 g/mol. The Labute approximate surface area is 105 Å². The summed E-state index contributed by atoms with van der Waals surface area (Å²) in [5.74, 6) is -3.56. The molecule has 1 rings (SSSR count). The maximum atomic E-state index is 13.3. The average Bonchev–Trinajstić information content (AvgIpc) is 2.28. The summed E-state index contributed by atoms with van der Waals surface area (Å²) in [7, 11) is -2.19. The van der Waals surface area contributed by atoms with Gasteiger partial charge >= 0.3 is 13.3 Å². The van der Waals surface area contributed by atoms with Crippen molar-refractivity contribution < 1.29 is 36.7 Å². The van der Waals surface area contributed by atoms with E-state index in [2.05, 4.69) is 4.74 Å². The van der Waals surface area contributed by atoms with Gasteiger partial charge in [-0.2, -0.15) is 17.6 Å². The molecule has 0 aliphatic rings. The van der Waals surface area contributed by atoms with Crippen LogP contribution in [0.3, 0.4) is 0 Å². The van der Waals surface area contributed by atoms with E-state index in [9.17, 15) is 22.0 Å². The van der Waals surface area contributed by atoms with Crippen molar-refractivity contribution in [2.24, 2.45) is 0 Å². The maximum absolute atomic E-state index is 13.3. The predicted octanol–water partition coefficient (Wildman–Crippen LogP) is 1.37. The normalized spacial score (nSPS) is 11.5. The van der Waals surface area contributed by atoms with Crippen LogP contribution in [0.4, 0.5) is 22.0 Å². The molecule has 0 radical (unpaired) electrons. The molecule has 0 spiro atoms. The number of rotatable bonds is 5. The lowest BCUT2D eigenvalue weighted by Gasteiger charge is -2.10. The zero-order chi connectivity index (χ0) is 14.6. The van der Waals surface area contributed by atoms with E-state index in [1.807, 2.05) is 0 Å². The van der Waals surface area contributed by atoms with Gasteiger partial charge < -0.3 is 14.8 Å². The third-order valence-corrected chi connectivity index (χ3v) is 2.22. The molecule has 9 heteroatoms. The van der Waals surface area contributed by atoms with Crippen molar-refractivity contribution in [2.45, 2.75) is 19.0 Å². The molecule has 0 heterocycles. The molecule has 0 amide bonds. The van der Waals surface area contributed by atoms with Crippen LogP contribution in [-0.4, -0.2) is 29.9 Å². The van der Waals surface area contributed by atoms with Crippen molar-refractivity contribution in [3.05, 3.63) is 23.8 Å². The molecule has 106 valence electrons. The number of alkyl halides is 3. The number of hydrogen-bond acceptors (Lipinski definition) is 3. The van der Waals surface area contributed by atoms with Crippen LogP contribution in [0.1, 0.15) is 12.8 Å². The molecule has 3 nitrogen and oxygen atoms in total. The van der Waals surface area contributed by atoms with Gasteiger partial charge in [-0.25, -0.2) is 4.39 Å². The molecule has 0 unspecified atom stereocenters. The van der Waals surface area contributed by atoms with Crippen molar-refractivity contribution in [3.63, 3.8) is 0 Å². The highest BCUT2D eigenvalue weighted by Crippen LogP contribution is 2.22. The summed E-state index contributed by atoms with van der Waals surface area (Å²) in [6, 6.07) is 1.79. The predicted molar refractivity (Wildman–Crippen MR) is 57.0 cm³/mol. The minimum Gasteiger partial charge on any atom is -0.490 e. The Morgan fingerprint density at radius 2 is 1.74 bits per heavy atom. The first kappa shape index (κ1) is 15.7. The summed E-state index contributed by atoms with van der Waals surface area (Å²) in [6.07, 6.45) is -5.82. The summed E-state index contributed by atoms with van der Waals surface area (Å²) >= 11 is 0. The zero-order valence-corrected chi connectivity index (χ0v) is 9.55. The van der Waals surface area contributed by atoms with E-state index in [0.717, 1.165) is 12.1 Å². The average molecular weight is 284 g/mol. The van der Waals surface area contributed by atoms with Gasteiger partial charge in [-0.05, 0) is 12.5 Å². The Morgan fingerprint density at radius 3 is 2.26 bits per heavy atom. The lowest BCUT2D eigenvalue weighted by molar-refractivity contribution is -0.136. The van der Waals surface area contributed by atoms with Gasteiger partial charge in [0.2, 0.25) is 0 Å². The first-order valence-corrected chi connectivity index (χ1v) is 5.26. The fourth-order valence-electron chi connectivity index (χ4n) is 1.31. The summed E-state index contributed by atoms with van der Waals surface area (Å²) < 4.78 is 66.7. The Balaban J connectivity index is 2.63. The summed E-state index contributed by atoms with van der Waals surface area (Å²) in [5, 5.41) is 17.4. The molecule has 0 aromatic heterocycles. The van der Waals surface area contributed by atoms with Gasteiger partial charge in [0.15, 0.2) is 17.4 Å². The van der Waals surface area contributed by atoms with E-state index in [-0.39, 0.29) is 0 Å². The largest absolute Gasteiger partial charge is 0.491 e. The van der Waals surface area contributed by atoms with Gasteiger partial charge in [0.05, 0.1) is 6.61 Å². The number of ether oxygens (including phenoxy) is 1. The Bertz CT molecular complexity index is 436. The van der Waals surface area contributed by atoms with Crippen molar-refractivity contribution in [1.82, 2.24) is 0 Å².